The fourth-order valence-corrected chi connectivity index (χ4v) is 5.67. The van der Waals surface area contributed by atoms with Crippen molar-refractivity contribution >= 4 is 39.7 Å². The summed E-state index contributed by atoms with van der Waals surface area (Å²) in [6.45, 7) is 2.23. The van der Waals surface area contributed by atoms with E-state index in [4.69, 9.17) is 4.74 Å². The Morgan fingerprint density at radius 3 is 2.17 bits per heavy atom. The molecule has 1 aliphatic carbocycles. The average Bonchev–Trinajstić information content (AvgIpc) is 3.64. The summed E-state index contributed by atoms with van der Waals surface area (Å²) in [5.74, 6) is 0.718. The predicted octanol–water partition coefficient (Wildman–Crippen LogP) is 6.69. The number of ketones is 2. The number of hydrogen-bond donors (Lipinski definition) is 0. The average molecular weight is 478 g/mol. The molecule has 0 radical (unpaired) electrons. The third kappa shape index (κ3) is 4.08. The van der Waals surface area contributed by atoms with Crippen LogP contribution in [-0.4, -0.2) is 24.7 Å². The maximum atomic E-state index is 13.2. The molecule has 3 aromatic rings. The first-order valence-electron chi connectivity index (χ1n) is 11.8. The number of ether oxygens (including phenoxy) is 1. The second-order valence-corrected chi connectivity index (χ2v) is 9.85. The maximum Gasteiger partial charge on any atom is 0.198 e. The molecule has 0 atom stereocenters. The van der Waals surface area contributed by atoms with E-state index in [0.29, 0.717) is 28.2 Å². The highest BCUT2D eigenvalue weighted by atomic mass is 32.1. The van der Waals surface area contributed by atoms with Crippen LogP contribution in [0.5, 0.6) is 0 Å². The molecule has 2 aromatic carbocycles. The smallest absolute Gasteiger partial charge is 0.198 e. The van der Waals surface area contributed by atoms with E-state index >= 15 is 0 Å². The van der Waals surface area contributed by atoms with Gasteiger partial charge in [-0.3, -0.25) is 9.59 Å². The highest BCUT2D eigenvalue weighted by Crippen LogP contribution is 2.35. The van der Waals surface area contributed by atoms with Crippen LogP contribution in [0.3, 0.4) is 0 Å². The van der Waals surface area contributed by atoms with Gasteiger partial charge in [0.2, 0.25) is 0 Å². The number of thiophene rings is 1. The number of rotatable bonds is 4. The number of Topliss-reactive ketones (excluding diaryl/α,β-unsaturated/α-hetero) is 2. The number of carbonyl (C=O) groups is 2. The van der Waals surface area contributed by atoms with Crippen molar-refractivity contribution in [3.05, 3.63) is 123 Å². The Bertz CT molecular complexity index is 1410. The summed E-state index contributed by atoms with van der Waals surface area (Å²) in [4.78, 5) is 29.9. The van der Waals surface area contributed by atoms with Crippen molar-refractivity contribution in [2.24, 2.45) is 0 Å². The molecule has 1 aromatic heterocycles. The summed E-state index contributed by atoms with van der Waals surface area (Å²) >= 11 is 1.76. The van der Waals surface area contributed by atoms with Gasteiger partial charge in [0, 0.05) is 34.7 Å². The number of fused-ring (bicyclic) bond motifs is 1. The first kappa shape index (κ1) is 21.6. The molecular formula is C30H23NO3S. The van der Waals surface area contributed by atoms with Gasteiger partial charge in [-0.25, -0.2) is 0 Å². The fourth-order valence-electron chi connectivity index (χ4n) is 4.71. The quantitative estimate of drug-likeness (QED) is 0.310. The second-order valence-electron chi connectivity index (χ2n) is 8.76. The standard InChI is InChI=1S/C30H23NO3S/c32-29-24-10-4-5-11-25(24)30(33)28(29)21-18-22(34-26(19-21)20-8-2-1-3-9-20)12-13-23-14-15-27(35-23)31-16-6-7-17-31/h1-5,8-15,18-19H,6-7,16-17H2. The molecule has 0 bridgehead atoms. The van der Waals surface area contributed by atoms with Gasteiger partial charge < -0.3 is 9.64 Å². The fraction of sp³-hybridized carbons (Fsp3) is 0.133. The van der Waals surface area contributed by atoms with E-state index in [0.717, 1.165) is 23.5 Å². The van der Waals surface area contributed by atoms with E-state index < -0.39 is 0 Å². The van der Waals surface area contributed by atoms with Gasteiger partial charge in [0.1, 0.15) is 11.5 Å². The molecule has 5 heteroatoms. The van der Waals surface area contributed by atoms with Crippen molar-refractivity contribution in [2.45, 2.75) is 12.8 Å². The van der Waals surface area contributed by atoms with Crippen LogP contribution >= 0.6 is 11.3 Å². The molecule has 6 rings (SSSR count). The first-order chi connectivity index (χ1) is 17.2. The molecule has 0 spiro atoms. The number of benzene rings is 2. The Kier molecular flexibility index (Phi) is 5.55. The van der Waals surface area contributed by atoms with Crippen molar-refractivity contribution in [1.82, 2.24) is 0 Å². The maximum absolute atomic E-state index is 13.2. The van der Waals surface area contributed by atoms with Crippen LogP contribution in [-0.2, 0) is 4.74 Å². The highest BCUT2D eigenvalue weighted by molar-refractivity contribution is 7.16. The van der Waals surface area contributed by atoms with Gasteiger partial charge in [-0.2, -0.15) is 0 Å². The summed E-state index contributed by atoms with van der Waals surface area (Å²) in [7, 11) is 0. The van der Waals surface area contributed by atoms with E-state index in [-0.39, 0.29) is 17.1 Å². The van der Waals surface area contributed by atoms with Crippen LogP contribution in [0.15, 0.2) is 102 Å². The van der Waals surface area contributed by atoms with Crippen LogP contribution < -0.4 is 4.90 Å². The van der Waals surface area contributed by atoms with Crippen LogP contribution in [0.2, 0.25) is 0 Å². The van der Waals surface area contributed by atoms with Gasteiger partial charge in [-0.15, -0.1) is 11.3 Å². The molecule has 35 heavy (non-hydrogen) atoms. The van der Waals surface area contributed by atoms with Gasteiger partial charge in [0.15, 0.2) is 11.6 Å². The Morgan fingerprint density at radius 2 is 1.46 bits per heavy atom. The molecule has 1 fully saturated rings. The molecule has 4 nitrogen and oxygen atoms in total. The summed E-state index contributed by atoms with van der Waals surface area (Å²) < 4.78 is 6.21. The minimum absolute atomic E-state index is 0.196. The summed E-state index contributed by atoms with van der Waals surface area (Å²) in [5, 5.41) is 1.29. The number of anilines is 1. The van der Waals surface area contributed by atoms with Gasteiger partial charge in [-0.1, -0.05) is 54.6 Å². The van der Waals surface area contributed by atoms with Crippen LogP contribution in [0.1, 0.15) is 44.0 Å². The molecule has 0 saturated carbocycles. The van der Waals surface area contributed by atoms with Crippen LogP contribution in [0, 0.1) is 0 Å². The monoisotopic (exact) mass is 477 g/mol. The Morgan fingerprint density at radius 1 is 0.771 bits per heavy atom. The van der Waals surface area contributed by atoms with Gasteiger partial charge in [0.25, 0.3) is 0 Å². The van der Waals surface area contributed by atoms with E-state index in [2.05, 4.69) is 17.0 Å². The van der Waals surface area contributed by atoms with E-state index in [1.807, 2.05) is 42.5 Å². The SMILES string of the molecule is O=C1C(=C2C=C(C=Cc3ccc(N4CCCC4)s3)OC(c3ccccc3)=C2)C(=O)c2ccccc21. The van der Waals surface area contributed by atoms with Crippen molar-refractivity contribution in [2.75, 3.05) is 18.0 Å². The summed E-state index contributed by atoms with van der Waals surface area (Å²) in [6.07, 6.45) is 10.0. The lowest BCUT2D eigenvalue weighted by atomic mass is 9.99. The number of allylic oxidation sites excluding steroid dienone is 5. The minimum atomic E-state index is -0.237. The molecular weight excluding hydrogens is 454 g/mol. The largest absolute Gasteiger partial charge is 0.457 e. The van der Waals surface area contributed by atoms with Crippen molar-refractivity contribution < 1.29 is 14.3 Å². The van der Waals surface area contributed by atoms with Gasteiger partial charge in [0.05, 0.1) is 10.6 Å². The van der Waals surface area contributed by atoms with E-state index in [9.17, 15) is 9.59 Å². The Labute approximate surface area is 208 Å². The third-order valence-electron chi connectivity index (χ3n) is 6.47. The highest BCUT2D eigenvalue weighted by Gasteiger charge is 2.35. The number of hydrogen-bond acceptors (Lipinski definition) is 5. The molecule has 3 heterocycles. The summed E-state index contributed by atoms with van der Waals surface area (Å²) in [6, 6.07) is 21.0. The third-order valence-corrected chi connectivity index (χ3v) is 7.58. The predicted molar refractivity (Wildman–Crippen MR) is 141 cm³/mol. The first-order valence-corrected chi connectivity index (χ1v) is 12.6. The molecule has 0 unspecified atom stereocenters. The van der Waals surface area contributed by atoms with Crippen molar-refractivity contribution in [3.8, 4) is 0 Å². The summed E-state index contributed by atoms with van der Waals surface area (Å²) in [5.41, 5.74) is 2.57. The van der Waals surface area contributed by atoms with Crippen molar-refractivity contribution in [3.63, 3.8) is 0 Å². The molecule has 0 amide bonds. The normalized spacial score (nSPS) is 17.7. The molecule has 3 aliphatic rings. The molecule has 0 N–H and O–H groups in total. The lowest BCUT2D eigenvalue weighted by molar-refractivity contribution is 0.0988. The Hall–Kier alpha value is -3.96. The molecule has 1 saturated heterocycles. The number of nitrogens with zero attached hydrogens (tertiary/aromatic N) is 1. The zero-order valence-corrected chi connectivity index (χ0v) is 19.9. The zero-order chi connectivity index (χ0) is 23.8. The van der Waals surface area contributed by atoms with Gasteiger partial charge >= 0.3 is 0 Å². The second kappa shape index (κ2) is 9.01. The van der Waals surface area contributed by atoms with E-state index in [1.165, 1.54) is 17.8 Å². The zero-order valence-electron chi connectivity index (χ0n) is 19.1. The van der Waals surface area contributed by atoms with Gasteiger partial charge in [-0.05, 0) is 54.9 Å². The molecule has 172 valence electrons. The lowest BCUT2D eigenvalue weighted by Gasteiger charge is -2.17. The van der Waals surface area contributed by atoms with Crippen molar-refractivity contribution in [1.29, 1.82) is 0 Å². The topological polar surface area (TPSA) is 46.6 Å². The number of carbonyl (C=O) groups excluding carboxylic acids is 2. The minimum Gasteiger partial charge on any atom is -0.457 e. The van der Waals surface area contributed by atoms with E-state index in [1.54, 1.807) is 47.8 Å². The lowest BCUT2D eigenvalue weighted by Crippen LogP contribution is -2.15. The Balaban J connectivity index is 1.38. The molecule has 2 aliphatic heterocycles. The van der Waals surface area contributed by atoms with Crippen LogP contribution in [0.4, 0.5) is 5.00 Å². The van der Waals surface area contributed by atoms with Crippen LogP contribution in [0.25, 0.3) is 11.8 Å².